The third-order valence-corrected chi connectivity index (χ3v) is 3.81. The molecule has 0 spiro atoms. The van der Waals surface area contributed by atoms with Crippen molar-refractivity contribution in [3.63, 3.8) is 0 Å². The highest BCUT2D eigenvalue weighted by Crippen LogP contribution is 2.21. The number of rotatable bonds is 10. The van der Waals surface area contributed by atoms with Gasteiger partial charge in [-0.1, -0.05) is 32.4 Å². The average Bonchev–Trinajstić information content (AvgIpc) is 2.49. The molecule has 0 bridgehead atoms. The highest BCUT2D eigenvalue weighted by molar-refractivity contribution is 5.29. The summed E-state index contributed by atoms with van der Waals surface area (Å²) in [6, 6.07) is 8.65. The predicted octanol–water partition coefficient (Wildman–Crippen LogP) is 3.53. The fourth-order valence-electron chi connectivity index (χ4n) is 2.58. The SMILES string of the molecule is CCCC(CCO)CNC(CC)c1ccc(OC)cc1. The number of benzene rings is 1. The van der Waals surface area contributed by atoms with Crippen LogP contribution in [0.1, 0.15) is 51.1 Å². The molecule has 3 heteroatoms. The number of methoxy groups -OCH3 is 1. The van der Waals surface area contributed by atoms with Crippen molar-refractivity contribution in [1.82, 2.24) is 5.32 Å². The van der Waals surface area contributed by atoms with Crippen molar-refractivity contribution < 1.29 is 9.84 Å². The van der Waals surface area contributed by atoms with Gasteiger partial charge in [-0.2, -0.15) is 0 Å². The van der Waals surface area contributed by atoms with E-state index in [1.54, 1.807) is 7.11 Å². The van der Waals surface area contributed by atoms with Crippen molar-refractivity contribution in [3.8, 4) is 5.75 Å². The number of aliphatic hydroxyl groups is 1. The molecule has 0 amide bonds. The lowest BCUT2D eigenvalue weighted by Gasteiger charge is -2.22. The van der Waals surface area contributed by atoms with Gasteiger partial charge < -0.3 is 15.2 Å². The molecule has 1 aromatic carbocycles. The fraction of sp³-hybridized carbons (Fsp3) is 0.647. The van der Waals surface area contributed by atoms with Crippen LogP contribution in [0.25, 0.3) is 0 Å². The molecule has 1 aromatic rings. The van der Waals surface area contributed by atoms with E-state index in [0.717, 1.165) is 25.1 Å². The predicted molar refractivity (Wildman–Crippen MR) is 84.1 cm³/mol. The molecule has 0 fully saturated rings. The van der Waals surface area contributed by atoms with Crippen LogP contribution in [-0.4, -0.2) is 25.4 Å². The van der Waals surface area contributed by atoms with Crippen LogP contribution in [0.5, 0.6) is 5.75 Å². The Labute approximate surface area is 123 Å². The molecular weight excluding hydrogens is 250 g/mol. The number of aliphatic hydroxyl groups excluding tert-OH is 1. The first-order valence-corrected chi connectivity index (χ1v) is 7.73. The molecule has 2 N–H and O–H groups in total. The molecule has 0 saturated heterocycles. The van der Waals surface area contributed by atoms with Crippen molar-refractivity contribution in [3.05, 3.63) is 29.8 Å². The summed E-state index contributed by atoms with van der Waals surface area (Å²) in [5.74, 6) is 1.46. The van der Waals surface area contributed by atoms with Gasteiger partial charge in [0.15, 0.2) is 0 Å². The van der Waals surface area contributed by atoms with Gasteiger partial charge in [-0.3, -0.25) is 0 Å². The van der Waals surface area contributed by atoms with Crippen molar-refractivity contribution >= 4 is 0 Å². The van der Waals surface area contributed by atoms with E-state index >= 15 is 0 Å². The van der Waals surface area contributed by atoms with Crippen molar-refractivity contribution in [1.29, 1.82) is 0 Å². The van der Waals surface area contributed by atoms with Crippen molar-refractivity contribution in [2.75, 3.05) is 20.3 Å². The van der Waals surface area contributed by atoms with Gasteiger partial charge in [-0.25, -0.2) is 0 Å². The van der Waals surface area contributed by atoms with Crippen LogP contribution >= 0.6 is 0 Å². The zero-order valence-corrected chi connectivity index (χ0v) is 13.1. The van der Waals surface area contributed by atoms with E-state index in [9.17, 15) is 0 Å². The standard InChI is InChI=1S/C17H29NO2/c1-4-6-14(11-12-19)13-18-17(5-2)15-7-9-16(20-3)10-8-15/h7-10,14,17-19H,4-6,11-13H2,1-3H3. The third kappa shape index (κ3) is 5.51. The van der Waals surface area contributed by atoms with Crippen molar-refractivity contribution in [2.24, 2.45) is 5.92 Å². The summed E-state index contributed by atoms with van der Waals surface area (Å²) < 4.78 is 5.20. The lowest BCUT2D eigenvalue weighted by atomic mass is 9.98. The van der Waals surface area contributed by atoms with Crippen LogP contribution in [0.15, 0.2) is 24.3 Å². The molecule has 2 atom stereocenters. The fourth-order valence-corrected chi connectivity index (χ4v) is 2.58. The summed E-state index contributed by atoms with van der Waals surface area (Å²) in [5.41, 5.74) is 1.30. The van der Waals surface area contributed by atoms with Gasteiger partial charge >= 0.3 is 0 Å². The summed E-state index contributed by atoms with van der Waals surface area (Å²) in [6.07, 6.45) is 4.29. The number of hydrogen-bond acceptors (Lipinski definition) is 3. The number of ether oxygens (including phenoxy) is 1. The van der Waals surface area contributed by atoms with Gasteiger partial charge in [-0.15, -0.1) is 0 Å². The van der Waals surface area contributed by atoms with E-state index in [1.165, 1.54) is 18.4 Å². The molecule has 3 nitrogen and oxygen atoms in total. The van der Waals surface area contributed by atoms with Gasteiger partial charge in [0, 0.05) is 12.6 Å². The zero-order valence-electron chi connectivity index (χ0n) is 13.1. The lowest BCUT2D eigenvalue weighted by molar-refractivity contribution is 0.244. The van der Waals surface area contributed by atoms with E-state index in [0.29, 0.717) is 12.0 Å². The van der Waals surface area contributed by atoms with E-state index in [1.807, 2.05) is 12.1 Å². The highest BCUT2D eigenvalue weighted by Gasteiger charge is 2.12. The Hall–Kier alpha value is -1.06. The number of nitrogens with one attached hydrogen (secondary N) is 1. The molecule has 0 saturated carbocycles. The van der Waals surface area contributed by atoms with Crippen LogP contribution in [0.3, 0.4) is 0 Å². The van der Waals surface area contributed by atoms with Gasteiger partial charge in [0.05, 0.1) is 7.11 Å². The minimum Gasteiger partial charge on any atom is -0.497 e. The smallest absolute Gasteiger partial charge is 0.118 e. The maximum Gasteiger partial charge on any atom is 0.118 e. The van der Waals surface area contributed by atoms with Crippen LogP contribution in [0, 0.1) is 5.92 Å². The first kappa shape index (κ1) is 17.0. The maximum atomic E-state index is 9.12. The summed E-state index contributed by atoms with van der Waals surface area (Å²) in [4.78, 5) is 0. The van der Waals surface area contributed by atoms with E-state index in [2.05, 4.69) is 31.3 Å². The topological polar surface area (TPSA) is 41.5 Å². The molecule has 20 heavy (non-hydrogen) atoms. The Morgan fingerprint density at radius 1 is 1.15 bits per heavy atom. The lowest BCUT2D eigenvalue weighted by Crippen LogP contribution is -2.27. The third-order valence-electron chi connectivity index (χ3n) is 3.81. The van der Waals surface area contributed by atoms with Crippen LogP contribution in [-0.2, 0) is 0 Å². The van der Waals surface area contributed by atoms with E-state index in [4.69, 9.17) is 9.84 Å². The summed E-state index contributed by atoms with van der Waals surface area (Å²) in [6.45, 7) is 5.65. The quantitative estimate of drug-likeness (QED) is 0.688. The second-order valence-electron chi connectivity index (χ2n) is 5.31. The van der Waals surface area contributed by atoms with Crippen LogP contribution in [0.2, 0.25) is 0 Å². The van der Waals surface area contributed by atoms with Gasteiger partial charge in [0.2, 0.25) is 0 Å². The molecule has 0 aromatic heterocycles. The molecule has 1 rings (SSSR count). The Bertz CT molecular complexity index is 345. The van der Waals surface area contributed by atoms with Crippen molar-refractivity contribution in [2.45, 2.75) is 45.6 Å². The molecule has 0 radical (unpaired) electrons. The maximum absolute atomic E-state index is 9.12. The monoisotopic (exact) mass is 279 g/mol. The summed E-state index contributed by atoms with van der Waals surface area (Å²) in [7, 11) is 1.69. The Kier molecular flexibility index (Phi) is 8.31. The second kappa shape index (κ2) is 9.78. The molecule has 0 aliphatic rings. The summed E-state index contributed by atoms with van der Waals surface area (Å²) >= 11 is 0. The van der Waals surface area contributed by atoms with Gasteiger partial charge in [0.1, 0.15) is 5.75 Å². The molecular formula is C17H29NO2. The Morgan fingerprint density at radius 3 is 2.35 bits per heavy atom. The Morgan fingerprint density at radius 2 is 1.85 bits per heavy atom. The van der Waals surface area contributed by atoms with E-state index in [-0.39, 0.29) is 6.61 Å². The molecule has 0 aliphatic heterocycles. The normalized spacial score (nSPS) is 14.0. The zero-order chi connectivity index (χ0) is 14.8. The molecule has 0 heterocycles. The highest BCUT2D eigenvalue weighted by atomic mass is 16.5. The van der Waals surface area contributed by atoms with Crippen LogP contribution < -0.4 is 10.1 Å². The largest absolute Gasteiger partial charge is 0.497 e. The molecule has 2 unspecified atom stereocenters. The molecule has 0 aliphatic carbocycles. The van der Waals surface area contributed by atoms with E-state index < -0.39 is 0 Å². The second-order valence-corrected chi connectivity index (χ2v) is 5.31. The van der Waals surface area contributed by atoms with Crippen LogP contribution in [0.4, 0.5) is 0 Å². The minimum atomic E-state index is 0.283. The molecule has 114 valence electrons. The minimum absolute atomic E-state index is 0.283. The van der Waals surface area contributed by atoms with Gasteiger partial charge in [0.25, 0.3) is 0 Å². The van der Waals surface area contributed by atoms with Gasteiger partial charge in [-0.05, 0) is 49.4 Å². The first-order valence-electron chi connectivity index (χ1n) is 7.73. The average molecular weight is 279 g/mol. The summed E-state index contributed by atoms with van der Waals surface area (Å²) in [5, 5.41) is 12.8. The number of hydrogen-bond donors (Lipinski definition) is 2. The Balaban J connectivity index is 2.56. The first-order chi connectivity index (χ1) is 9.74.